The Morgan fingerprint density at radius 1 is 0.833 bits per heavy atom. The van der Waals surface area contributed by atoms with E-state index >= 15 is 0 Å². The van der Waals surface area contributed by atoms with Crippen LogP contribution in [0.1, 0.15) is 17.2 Å². The molecule has 0 saturated heterocycles. The lowest BCUT2D eigenvalue weighted by Crippen LogP contribution is -2.37. The van der Waals surface area contributed by atoms with Gasteiger partial charge in [-0.15, -0.1) is 0 Å². The van der Waals surface area contributed by atoms with Gasteiger partial charge in [0.25, 0.3) is 0 Å². The molecule has 0 bridgehead atoms. The molecular weight excluding hydrogens is 378 g/mol. The number of benzene rings is 3. The quantitative estimate of drug-likeness (QED) is 0.500. The predicted molar refractivity (Wildman–Crippen MR) is 113 cm³/mol. The van der Waals surface area contributed by atoms with E-state index in [9.17, 15) is 9.59 Å². The second-order valence-electron chi connectivity index (χ2n) is 6.90. The Labute approximate surface area is 173 Å². The first-order valence-corrected chi connectivity index (χ1v) is 9.59. The first kappa shape index (κ1) is 19.3. The van der Waals surface area contributed by atoms with Gasteiger partial charge in [0.1, 0.15) is 6.54 Å². The van der Waals surface area contributed by atoms with Crippen molar-refractivity contribution in [1.82, 2.24) is 24.7 Å². The van der Waals surface area contributed by atoms with E-state index in [-0.39, 0.29) is 18.5 Å². The number of para-hydroxylation sites is 1. The van der Waals surface area contributed by atoms with Crippen LogP contribution in [0.5, 0.6) is 0 Å². The van der Waals surface area contributed by atoms with Crippen molar-refractivity contribution in [2.24, 2.45) is 0 Å². The number of aromatic nitrogens is 4. The number of nitrogens with zero attached hydrogens (tertiary/aromatic N) is 5. The molecule has 4 aromatic rings. The summed E-state index contributed by atoms with van der Waals surface area (Å²) < 4.78 is 2.26. The lowest BCUT2D eigenvalue weighted by molar-refractivity contribution is -0.132. The average molecular weight is 399 g/mol. The minimum atomic E-state index is -0.459. The number of tetrazole rings is 1. The van der Waals surface area contributed by atoms with E-state index in [0.29, 0.717) is 5.69 Å². The van der Waals surface area contributed by atoms with Gasteiger partial charge >= 0.3 is 5.69 Å². The molecule has 3 aromatic carbocycles. The molecule has 4 rings (SSSR count). The highest BCUT2D eigenvalue weighted by atomic mass is 16.2. The fraction of sp³-hybridized carbons (Fsp3) is 0.130. The average Bonchev–Trinajstić information content (AvgIpc) is 3.16. The van der Waals surface area contributed by atoms with Crippen molar-refractivity contribution < 1.29 is 4.79 Å². The zero-order valence-electron chi connectivity index (χ0n) is 16.5. The van der Waals surface area contributed by atoms with Crippen LogP contribution in [-0.2, 0) is 11.3 Å². The fourth-order valence-electron chi connectivity index (χ4n) is 3.40. The monoisotopic (exact) mass is 399 g/mol. The summed E-state index contributed by atoms with van der Waals surface area (Å²) in [6.45, 7) is -0.196. The van der Waals surface area contributed by atoms with Crippen LogP contribution in [0.3, 0.4) is 0 Å². The summed E-state index contributed by atoms with van der Waals surface area (Å²) in [4.78, 5) is 27.4. The Balaban J connectivity index is 1.61. The van der Waals surface area contributed by atoms with Crippen molar-refractivity contribution in [3.63, 3.8) is 0 Å². The van der Waals surface area contributed by atoms with Gasteiger partial charge < -0.3 is 4.90 Å². The third-order valence-corrected chi connectivity index (χ3v) is 4.94. The van der Waals surface area contributed by atoms with Gasteiger partial charge in [0, 0.05) is 7.05 Å². The Kier molecular flexibility index (Phi) is 5.52. The van der Waals surface area contributed by atoms with E-state index in [2.05, 4.69) is 10.4 Å². The molecule has 0 radical (unpaired) electrons. The number of hydrogen-bond donors (Lipinski definition) is 0. The van der Waals surface area contributed by atoms with Crippen molar-refractivity contribution in [3.05, 3.63) is 113 Å². The number of carbonyl (C=O) groups excluding carboxylic acids is 1. The third-order valence-electron chi connectivity index (χ3n) is 4.94. The smallest absolute Gasteiger partial charge is 0.333 e. The third kappa shape index (κ3) is 3.91. The molecule has 0 spiro atoms. The maximum absolute atomic E-state index is 13.1. The summed E-state index contributed by atoms with van der Waals surface area (Å²) in [5, 5.41) is 7.79. The number of hydrogen-bond acceptors (Lipinski definition) is 4. The van der Waals surface area contributed by atoms with Crippen LogP contribution in [0.2, 0.25) is 0 Å². The van der Waals surface area contributed by atoms with Crippen molar-refractivity contribution in [3.8, 4) is 5.69 Å². The van der Waals surface area contributed by atoms with Gasteiger partial charge in [0.05, 0.1) is 11.7 Å². The minimum Gasteiger partial charge on any atom is -0.333 e. The topological polar surface area (TPSA) is 73.0 Å². The molecule has 0 fully saturated rings. The molecule has 7 heteroatoms. The van der Waals surface area contributed by atoms with Crippen LogP contribution in [0.25, 0.3) is 5.69 Å². The maximum atomic E-state index is 13.1. The lowest BCUT2D eigenvalue weighted by Gasteiger charge is -2.29. The molecule has 150 valence electrons. The Hall–Kier alpha value is -4.00. The van der Waals surface area contributed by atoms with Gasteiger partial charge in [0.2, 0.25) is 5.91 Å². The van der Waals surface area contributed by atoms with E-state index in [1.807, 2.05) is 78.9 Å². The standard InChI is InChI=1S/C23H21N5O2/c1-26(22(18-11-5-2-6-12-18)19-13-7-3-8-14-19)21(29)17-27-23(30)28(25-24-27)20-15-9-4-10-16-20/h2-16,22H,17H2,1H3. The van der Waals surface area contributed by atoms with Crippen molar-refractivity contribution >= 4 is 5.91 Å². The molecule has 1 heterocycles. The number of rotatable bonds is 6. The molecule has 0 aliphatic carbocycles. The van der Waals surface area contributed by atoms with E-state index in [0.717, 1.165) is 15.8 Å². The number of amides is 1. The van der Waals surface area contributed by atoms with Gasteiger partial charge in [0.15, 0.2) is 0 Å². The van der Waals surface area contributed by atoms with Crippen LogP contribution in [0.15, 0.2) is 95.8 Å². The normalized spacial score (nSPS) is 10.9. The first-order chi connectivity index (χ1) is 14.6. The second kappa shape index (κ2) is 8.57. The lowest BCUT2D eigenvalue weighted by atomic mass is 9.97. The van der Waals surface area contributed by atoms with Crippen LogP contribution in [-0.4, -0.2) is 37.6 Å². The Morgan fingerprint density at radius 3 is 1.87 bits per heavy atom. The van der Waals surface area contributed by atoms with Crippen molar-refractivity contribution in [2.75, 3.05) is 7.05 Å². The zero-order chi connectivity index (χ0) is 20.9. The van der Waals surface area contributed by atoms with E-state index < -0.39 is 5.69 Å². The largest absolute Gasteiger partial charge is 0.368 e. The fourth-order valence-corrected chi connectivity index (χ4v) is 3.40. The van der Waals surface area contributed by atoms with Gasteiger partial charge in [-0.05, 0) is 33.7 Å². The van der Waals surface area contributed by atoms with E-state index in [1.54, 1.807) is 24.1 Å². The van der Waals surface area contributed by atoms with Crippen LogP contribution < -0.4 is 5.69 Å². The summed E-state index contributed by atoms with van der Waals surface area (Å²) in [5.41, 5.74) is 2.11. The summed E-state index contributed by atoms with van der Waals surface area (Å²) in [6.07, 6.45) is 0. The predicted octanol–water partition coefficient (Wildman–Crippen LogP) is 2.68. The van der Waals surface area contributed by atoms with E-state index in [4.69, 9.17) is 0 Å². The maximum Gasteiger partial charge on any atom is 0.368 e. The minimum absolute atomic E-state index is 0.196. The van der Waals surface area contributed by atoms with Crippen molar-refractivity contribution in [1.29, 1.82) is 0 Å². The summed E-state index contributed by atoms with van der Waals surface area (Å²) in [7, 11) is 1.74. The van der Waals surface area contributed by atoms with Crippen LogP contribution in [0.4, 0.5) is 0 Å². The number of likely N-dealkylation sites (N-methyl/N-ethyl adjacent to an activating group) is 1. The highest BCUT2D eigenvalue weighted by Crippen LogP contribution is 2.27. The first-order valence-electron chi connectivity index (χ1n) is 9.59. The highest BCUT2D eigenvalue weighted by molar-refractivity contribution is 5.76. The molecule has 0 atom stereocenters. The second-order valence-corrected chi connectivity index (χ2v) is 6.90. The zero-order valence-corrected chi connectivity index (χ0v) is 16.5. The molecule has 0 aliphatic rings. The molecule has 0 aliphatic heterocycles. The van der Waals surface area contributed by atoms with Crippen LogP contribution >= 0.6 is 0 Å². The molecule has 0 saturated carbocycles. The van der Waals surface area contributed by atoms with Crippen LogP contribution in [0, 0.1) is 0 Å². The Bertz CT molecular complexity index is 1130. The molecule has 0 N–H and O–H groups in total. The van der Waals surface area contributed by atoms with Crippen molar-refractivity contribution in [2.45, 2.75) is 12.6 Å². The van der Waals surface area contributed by atoms with Gasteiger partial charge in [-0.2, -0.15) is 9.36 Å². The summed E-state index contributed by atoms with van der Waals surface area (Å²) >= 11 is 0. The molecular formula is C23H21N5O2. The molecule has 1 aromatic heterocycles. The van der Waals surface area contributed by atoms with Gasteiger partial charge in [-0.25, -0.2) is 4.79 Å². The summed E-state index contributed by atoms with van der Waals surface area (Å²) in [6, 6.07) is 28.3. The highest BCUT2D eigenvalue weighted by Gasteiger charge is 2.24. The molecule has 7 nitrogen and oxygen atoms in total. The number of carbonyl (C=O) groups is 1. The SMILES string of the molecule is CN(C(=O)Cn1nnn(-c2ccccc2)c1=O)C(c1ccccc1)c1ccccc1. The van der Waals surface area contributed by atoms with Gasteiger partial charge in [-0.1, -0.05) is 78.9 Å². The Morgan fingerprint density at radius 2 is 1.33 bits per heavy atom. The summed E-state index contributed by atoms with van der Waals surface area (Å²) in [5.74, 6) is -0.241. The molecule has 30 heavy (non-hydrogen) atoms. The molecule has 1 amide bonds. The van der Waals surface area contributed by atoms with Gasteiger partial charge in [-0.3, -0.25) is 4.79 Å². The molecule has 0 unspecified atom stereocenters. The van der Waals surface area contributed by atoms with E-state index in [1.165, 1.54) is 4.68 Å².